The lowest BCUT2D eigenvalue weighted by Crippen LogP contribution is -2.43. The first-order valence-electron chi connectivity index (χ1n) is 10.9. The average molecular weight is 666 g/mol. The van der Waals surface area contributed by atoms with E-state index in [0.29, 0.717) is 15.6 Å². The predicted octanol–water partition coefficient (Wildman–Crippen LogP) is 4.61. The second-order valence-electron chi connectivity index (χ2n) is 7.98. The first-order chi connectivity index (χ1) is 18.1. The molecule has 4 rings (SSSR count). The lowest BCUT2D eigenvalue weighted by molar-refractivity contribution is -0.142. The second-order valence-corrected chi connectivity index (χ2v) is 11.4. The molecule has 1 aromatic heterocycles. The molecule has 38 heavy (non-hydrogen) atoms. The van der Waals surface area contributed by atoms with Gasteiger partial charge in [-0.1, -0.05) is 28.1 Å². The molecule has 3 aromatic carbocycles. The highest BCUT2D eigenvalue weighted by atomic mass is 79.9. The predicted molar refractivity (Wildman–Crippen MR) is 146 cm³/mol. The zero-order valence-electron chi connectivity index (χ0n) is 19.6. The lowest BCUT2D eigenvalue weighted by atomic mass is 10.0. The Morgan fingerprint density at radius 3 is 2.55 bits per heavy atom. The minimum Gasteiger partial charge on any atom is -0.467 e. The summed E-state index contributed by atoms with van der Waals surface area (Å²) in [5.41, 5.74) is 1.03. The van der Waals surface area contributed by atoms with E-state index in [1.54, 1.807) is 12.1 Å². The van der Waals surface area contributed by atoms with Crippen molar-refractivity contribution in [2.24, 2.45) is 0 Å². The molecule has 9 nitrogen and oxygen atoms in total. The number of carbonyl (C=O) groups is 2. The van der Waals surface area contributed by atoms with Crippen molar-refractivity contribution in [3.63, 3.8) is 0 Å². The van der Waals surface area contributed by atoms with Gasteiger partial charge >= 0.3 is 5.97 Å². The summed E-state index contributed by atoms with van der Waals surface area (Å²) in [7, 11) is -3.03. The topological polar surface area (TPSA) is 127 Å². The molecule has 1 atom stereocenters. The highest BCUT2D eigenvalue weighted by Gasteiger charge is 2.26. The number of aromatic nitrogens is 2. The Hall–Kier alpha value is -3.42. The van der Waals surface area contributed by atoms with Gasteiger partial charge in [0, 0.05) is 23.3 Å². The third kappa shape index (κ3) is 6.17. The van der Waals surface area contributed by atoms with Crippen molar-refractivity contribution < 1.29 is 27.1 Å². The molecule has 0 aliphatic carbocycles. The van der Waals surface area contributed by atoms with Crippen molar-refractivity contribution in [2.45, 2.75) is 17.4 Å². The Balaban J connectivity index is 1.65. The Kier molecular flexibility index (Phi) is 8.38. The molecule has 0 saturated carbocycles. The van der Waals surface area contributed by atoms with Gasteiger partial charge in [0.1, 0.15) is 22.3 Å². The standard InChI is InChI=1S/C25H19Br2FN4O5S/c1-37-25(34)21(12-14-5-8-18(28)17(27)11-14)31-24(33)16-7-6-15(26)13-20(16)32-38(35,36)22-4-2-3-19-23(22)30-10-9-29-19/h2-11,13,21,32H,12H2,1H3,(H,31,33)/t21-/m0/s1. The van der Waals surface area contributed by atoms with Crippen LogP contribution in [-0.2, 0) is 26.0 Å². The number of nitrogens with one attached hydrogen (secondary N) is 2. The van der Waals surface area contributed by atoms with Gasteiger partial charge in [0.15, 0.2) is 0 Å². The number of amides is 1. The number of carbonyl (C=O) groups excluding carboxylic acids is 2. The maximum atomic E-state index is 13.6. The number of esters is 1. The van der Waals surface area contributed by atoms with Gasteiger partial charge in [0.05, 0.1) is 28.4 Å². The van der Waals surface area contributed by atoms with Crippen LogP contribution in [0.15, 0.2) is 80.8 Å². The molecule has 2 N–H and O–H groups in total. The minimum atomic E-state index is -4.21. The van der Waals surface area contributed by atoms with E-state index in [9.17, 15) is 22.4 Å². The Labute approximate surface area is 234 Å². The molecule has 13 heteroatoms. The third-order valence-corrected chi connectivity index (χ3v) is 7.93. The minimum absolute atomic E-state index is 0.00353. The molecule has 1 amide bonds. The van der Waals surface area contributed by atoms with E-state index < -0.39 is 33.8 Å². The van der Waals surface area contributed by atoms with Crippen LogP contribution in [0.1, 0.15) is 15.9 Å². The number of anilines is 1. The maximum absolute atomic E-state index is 13.6. The van der Waals surface area contributed by atoms with Gasteiger partial charge in [0.2, 0.25) is 0 Å². The van der Waals surface area contributed by atoms with Gasteiger partial charge in [-0.25, -0.2) is 17.6 Å². The van der Waals surface area contributed by atoms with Gasteiger partial charge < -0.3 is 10.1 Å². The number of hydrogen-bond donors (Lipinski definition) is 2. The number of sulfonamides is 1. The van der Waals surface area contributed by atoms with Crippen LogP contribution in [-0.4, -0.2) is 43.4 Å². The number of rotatable bonds is 8. The van der Waals surface area contributed by atoms with E-state index in [1.807, 2.05) is 0 Å². The summed E-state index contributed by atoms with van der Waals surface area (Å²) >= 11 is 6.39. The van der Waals surface area contributed by atoms with Crippen molar-refractivity contribution in [3.05, 3.63) is 92.9 Å². The van der Waals surface area contributed by atoms with Crippen molar-refractivity contribution in [1.29, 1.82) is 0 Å². The van der Waals surface area contributed by atoms with Gasteiger partial charge in [-0.2, -0.15) is 0 Å². The summed E-state index contributed by atoms with van der Waals surface area (Å²) in [6.45, 7) is 0. The quantitative estimate of drug-likeness (QED) is 0.263. The highest BCUT2D eigenvalue weighted by Crippen LogP contribution is 2.27. The lowest BCUT2D eigenvalue weighted by Gasteiger charge is -2.19. The summed E-state index contributed by atoms with van der Waals surface area (Å²) in [5.74, 6) is -1.94. The summed E-state index contributed by atoms with van der Waals surface area (Å²) < 4.78 is 48.3. The van der Waals surface area contributed by atoms with Gasteiger partial charge in [0.25, 0.3) is 15.9 Å². The largest absolute Gasteiger partial charge is 0.467 e. The van der Waals surface area contributed by atoms with E-state index in [2.05, 4.69) is 51.9 Å². The molecule has 1 heterocycles. The molecular weight excluding hydrogens is 647 g/mol. The van der Waals surface area contributed by atoms with Crippen LogP contribution in [0.25, 0.3) is 11.0 Å². The average Bonchev–Trinajstić information content (AvgIpc) is 2.89. The first kappa shape index (κ1) is 27.6. The van der Waals surface area contributed by atoms with Gasteiger partial charge in [-0.15, -0.1) is 0 Å². The van der Waals surface area contributed by atoms with Crippen LogP contribution < -0.4 is 10.0 Å². The number of halogens is 3. The van der Waals surface area contributed by atoms with E-state index in [1.165, 1.54) is 62.0 Å². The van der Waals surface area contributed by atoms with Crippen molar-refractivity contribution in [2.75, 3.05) is 11.8 Å². The van der Waals surface area contributed by atoms with E-state index in [-0.39, 0.29) is 32.6 Å². The smallest absolute Gasteiger partial charge is 0.328 e. The third-order valence-electron chi connectivity index (χ3n) is 5.44. The van der Waals surface area contributed by atoms with E-state index in [0.717, 1.165) is 0 Å². The monoisotopic (exact) mass is 664 g/mol. The van der Waals surface area contributed by atoms with Crippen LogP contribution in [0.4, 0.5) is 10.1 Å². The van der Waals surface area contributed by atoms with Crippen LogP contribution in [0.3, 0.4) is 0 Å². The van der Waals surface area contributed by atoms with Crippen molar-refractivity contribution in [1.82, 2.24) is 15.3 Å². The molecule has 0 spiro atoms. The highest BCUT2D eigenvalue weighted by molar-refractivity contribution is 9.10. The molecule has 0 aliphatic heterocycles. The fourth-order valence-corrected chi connectivity index (χ4v) is 5.68. The fourth-order valence-electron chi connectivity index (χ4n) is 3.66. The molecule has 0 aliphatic rings. The Morgan fingerprint density at radius 2 is 1.82 bits per heavy atom. The summed E-state index contributed by atoms with van der Waals surface area (Å²) in [6, 6.07) is 12.0. The molecule has 196 valence electrons. The summed E-state index contributed by atoms with van der Waals surface area (Å²) in [5, 5.41) is 2.59. The summed E-state index contributed by atoms with van der Waals surface area (Å²) in [6.07, 6.45) is 2.83. The molecule has 0 unspecified atom stereocenters. The number of benzene rings is 3. The van der Waals surface area contributed by atoms with E-state index in [4.69, 9.17) is 4.74 Å². The SMILES string of the molecule is COC(=O)[C@H](Cc1ccc(F)c(Br)c1)NC(=O)c1ccc(Br)cc1NS(=O)(=O)c1cccc2nccnc12. The number of ether oxygens (including phenoxy) is 1. The van der Waals surface area contributed by atoms with Gasteiger partial charge in [-0.05, 0) is 64.0 Å². The van der Waals surface area contributed by atoms with Crippen molar-refractivity contribution >= 4 is 70.5 Å². The summed E-state index contributed by atoms with van der Waals surface area (Å²) in [4.78, 5) is 33.9. The zero-order chi connectivity index (χ0) is 27.4. The van der Waals surface area contributed by atoms with Gasteiger partial charge in [-0.3, -0.25) is 19.5 Å². The molecule has 4 aromatic rings. The molecule has 0 bridgehead atoms. The van der Waals surface area contributed by atoms with Crippen LogP contribution in [0.5, 0.6) is 0 Å². The second kappa shape index (κ2) is 11.5. The molecule has 0 radical (unpaired) electrons. The Bertz CT molecular complexity index is 1650. The van der Waals surface area contributed by atoms with E-state index >= 15 is 0 Å². The molecule has 0 saturated heterocycles. The fraction of sp³-hybridized carbons (Fsp3) is 0.120. The maximum Gasteiger partial charge on any atom is 0.328 e. The van der Waals surface area contributed by atoms with Crippen molar-refractivity contribution in [3.8, 4) is 0 Å². The molecular formula is C25H19Br2FN4O5S. The number of para-hydroxylation sites is 1. The van der Waals surface area contributed by atoms with Crippen LogP contribution in [0, 0.1) is 5.82 Å². The van der Waals surface area contributed by atoms with Crippen LogP contribution >= 0.6 is 31.9 Å². The zero-order valence-corrected chi connectivity index (χ0v) is 23.6. The number of nitrogens with zero attached hydrogens (tertiary/aromatic N) is 2. The number of fused-ring (bicyclic) bond motifs is 1. The Morgan fingerprint density at radius 1 is 1.05 bits per heavy atom. The normalized spacial score (nSPS) is 12.1. The molecule has 0 fully saturated rings. The van der Waals surface area contributed by atoms with Crippen LogP contribution in [0.2, 0.25) is 0 Å². The first-order valence-corrected chi connectivity index (χ1v) is 14.0. The number of methoxy groups -OCH3 is 1. The number of hydrogen-bond acceptors (Lipinski definition) is 7.